The summed E-state index contributed by atoms with van der Waals surface area (Å²) in [5, 5.41) is 13.8. The molecule has 0 spiro atoms. The second-order valence-electron chi connectivity index (χ2n) is 5.78. The number of benzene rings is 1. The van der Waals surface area contributed by atoms with Gasteiger partial charge in [0.25, 0.3) is 5.69 Å². The van der Waals surface area contributed by atoms with E-state index in [0.717, 1.165) is 18.7 Å². The summed E-state index contributed by atoms with van der Waals surface area (Å²) in [7, 11) is 1.72. The van der Waals surface area contributed by atoms with Gasteiger partial charge in [-0.2, -0.15) is 0 Å². The molecule has 1 unspecified atom stereocenters. The van der Waals surface area contributed by atoms with Crippen LogP contribution in [-0.4, -0.2) is 29.5 Å². The third kappa shape index (κ3) is 3.10. The van der Waals surface area contributed by atoms with Crippen molar-refractivity contribution in [1.82, 2.24) is 4.90 Å². The van der Waals surface area contributed by atoms with Gasteiger partial charge in [0.05, 0.1) is 4.92 Å². The van der Waals surface area contributed by atoms with Crippen LogP contribution in [-0.2, 0) is 6.54 Å². The number of nitrogens with zero attached hydrogens (tertiary/aromatic N) is 2. The van der Waals surface area contributed by atoms with E-state index in [0.29, 0.717) is 17.6 Å². The van der Waals surface area contributed by atoms with Gasteiger partial charge in [0, 0.05) is 25.7 Å². The summed E-state index contributed by atoms with van der Waals surface area (Å²) < 4.78 is 0. The summed E-state index contributed by atoms with van der Waals surface area (Å²) in [6.45, 7) is 6.51. The van der Waals surface area contributed by atoms with Crippen LogP contribution in [0.5, 0.6) is 0 Å². The van der Waals surface area contributed by atoms with E-state index < -0.39 is 0 Å². The fourth-order valence-electron chi connectivity index (χ4n) is 3.08. The molecule has 110 valence electrons. The van der Waals surface area contributed by atoms with E-state index in [1.165, 1.54) is 12.8 Å². The van der Waals surface area contributed by atoms with Crippen LogP contribution in [0.15, 0.2) is 18.2 Å². The van der Waals surface area contributed by atoms with Crippen LogP contribution in [0.2, 0.25) is 0 Å². The van der Waals surface area contributed by atoms with E-state index in [2.05, 4.69) is 24.1 Å². The number of hydrogen-bond acceptors (Lipinski definition) is 4. The van der Waals surface area contributed by atoms with Gasteiger partial charge in [-0.05, 0) is 36.9 Å². The third-order valence-electron chi connectivity index (χ3n) is 4.10. The maximum Gasteiger partial charge on any atom is 0.292 e. The number of anilines is 1. The molecule has 1 fully saturated rings. The molecule has 0 bridgehead atoms. The summed E-state index contributed by atoms with van der Waals surface area (Å²) in [4.78, 5) is 13.1. The number of nitro benzene ring substituents is 1. The fraction of sp³-hybridized carbons (Fsp3) is 0.600. The van der Waals surface area contributed by atoms with E-state index in [4.69, 9.17) is 0 Å². The van der Waals surface area contributed by atoms with Gasteiger partial charge in [-0.15, -0.1) is 0 Å². The highest BCUT2D eigenvalue weighted by Crippen LogP contribution is 2.29. The summed E-state index contributed by atoms with van der Waals surface area (Å²) in [6, 6.07) is 5.99. The molecule has 1 saturated heterocycles. The molecule has 0 aliphatic carbocycles. The summed E-state index contributed by atoms with van der Waals surface area (Å²) in [6.07, 6.45) is 2.50. The lowest BCUT2D eigenvalue weighted by Gasteiger charge is -2.27. The smallest absolute Gasteiger partial charge is 0.292 e. The Bertz CT molecular complexity index is 488. The SMILES string of the molecule is CNc1cc(CN2CCCC2C(C)C)ccc1[N+](=O)[O-]. The first-order valence-electron chi connectivity index (χ1n) is 7.22. The Morgan fingerprint density at radius 1 is 1.50 bits per heavy atom. The standard InChI is InChI=1S/C15H23N3O2/c1-11(2)14-5-4-8-17(14)10-12-6-7-15(18(19)20)13(9-12)16-3/h6-7,9,11,14,16H,4-5,8,10H2,1-3H3. The van der Waals surface area contributed by atoms with Crippen molar-refractivity contribution in [3.63, 3.8) is 0 Å². The monoisotopic (exact) mass is 277 g/mol. The van der Waals surface area contributed by atoms with Gasteiger partial charge >= 0.3 is 0 Å². The first kappa shape index (κ1) is 14.8. The first-order chi connectivity index (χ1) is 9.52. The molecule has 1 aliphatic rings. The van der Waals surface area contributed by atoms with Crippen molar-refractivity contribution in [3.8, 4) is 0 Å². The lowest BCUT2D eigenvalue weighted by atomic mass is 10.0. The summed E-state index contributed by atoms with van der Waals surface area (Å²) in [5.41, 5.74) is 1.86. The van der Waals surface area contributed by atoms with Gasteiger partial charge in [0.15, 0.2) is 0 Å². The minimum absolute atomic E-state index is 0.137. The van der Waals surface area contributed by atoms with E-state index in [1.54, 1.807) is 13.1 Å². The molecule has 5 nitrogen and oxygen atoms in total. The Morgan fingerprint density at radius 3 is 2.85 bits per heavy atom. The minimum Gasteiger partial charge on any atom is -0.383 e. The molecule has 0 aromatic heterocycles. The number of likely N-dealkylation sites (tertiary alicyclic amines) is 1. The van der Waals surface area contributed by atoms with Crippen LogP contribution in [0.1, 0.15) is 32.3 Å². The molecule has 0 amide bonds. The maximum absolute atomic E-state index is 10.9. The Hall–Kier alpha value is -1.62. The van der Waals surface area contributed by atoms with Crippen molar-refractivity contribution in [2.45, 2.75) is 39.3 Å². The number of nitrogens with one attached hydrogen (secondary N) is 1. The molecule has 1 aromatic rings. The van der Waals surface area contributed by atoms with Crippen LogP contribution in [0, 0.1) is 16.0 Å². The zero-order valence-corrected chi connectivity index (χ0v) is 12.4. The van der Waals surface area contributed by atoms with Crippen LogP contribution in [0.3, 0.4) is 0 Å². The largest absolute Gasteiger partial charge is 0.383 e. The van der Waals surface area contributed by atoms with Gasteiger partial charge in [-0.3, -0.25) is 15.0 Å². The predicted octanol–water partition coefficient (Wildman–Crippen LogP) is 3.26. The Morgan fingerprint density at radius 2 is 2.25 bits per heavy atom. The van der Waals surface area contributed by atoms with Gasteiger partial charge in [-0.25, -0.2) is 0 Å². The minimum atomic E-state index is -0.345. The molecule has 1 N–H and O–H groups in total. The van der Waals surface area contributed by atoms with E-state index in [-0.39, 0.29) is 10.6 Å². The van der Waals surface area contributed by atoms with E-state index in [1.807, 2.05) is 12.1 Å². The molecule has 1 atom stereocenters. The van der Waals surface area contributed by atoms with Gasteiger partial charge in [0.1, 0.15) is 5.69 Å². The molecular weight excluding hydrogens is 254 g/mol. The Balaban J connectivity index is 2.15. The lowest BCUT2D eigenvalue weighted by Crippen LogP contribution is -2.32. The number of hydrogen-bond donors (Lipinski definition) is 1. The lowest BCUT2D eigenvalue weighted by molar-refractivity contribution is -0.384. The quantitative estimate of drug-likeness (QED) is 0.663. The first-order valence-corrected chi connectivity index (χ1v) is 7.22. The normalized spacial score (nSPS) is 19.5. The van der Waals surface area contributed by atoms with Crippen molar-refractivity contribution in [2.75, 3.05) is 18.9 Å². The van der Waals surface area contributed by atoms with Crippen molar-refractivity contribution >= 4 is 11.4 Å². The van der Waals surface area contributed by atoms with Crippen LogP contribution < -0.4 is 5.32 Å². The van der Waals surface area contributed by atoms with Crippen molar-refractivity contribution in [2.24, 2.45) is 5.92 Å². The van der Waals surface area contributed by atoms with Gasteiger partial charge in [-0.1, -0.05) is 19.9 Å². The Kier molecular flexibility index (Phi) is 4.60. The van der Waals surface area contributed by atoms with Crippen LogP contribution in [0.4, 0.5) is 11.4 Å². The van der Waals surface area contributed by atoms with Gasteiger partial charge < -0.3 is 5.32 Å². The second kappa shape index (κ2) is 6.22. The highest BCUT2D eigenvalue weighted by atomic mass is 16.6. The second-order valence-corrected chi connectivity index (χ2v) is 5.78. The van der Waals surface area contributed by atoms with Crippen molar-refractivity contribution < 1.29 is 4.92 Å². The third-order valence-corrected chi connectivity index (χ3v) is 4.10. The summed E-state index contributed by atoms with van der Waals surface area (Å²) in [5.74, 6) is 0.652. The number of nitro groups is 1. The van der Waals surface area contributed by atoms with Crippen molar-refractivity contribution in [3.05, 3.63) is 33.9 Å². The molecular formula is C15H23N3O2. The highest BCUT2D eigenvalue weighted by Gasteiger charge is 2.27. The molecule has 20 heavy (non-hydrogen) atoms. The average molecular weight is 277 g/mol. The fourth-order valence-corrected chi connectivity index (χ4v) is 3.08. The molecule has 1 aromatic carbocycles. The predicted molar refractivity (Wildman–Crippen MR) is 80.9 cm³/mol. The zero-order valence-electron chi connectivity index (χ0n) is 12.4. The van der Waals surface area contributed by atoms with Crippen molar-refractivity contribution in [1.29, 1.82) is 0 Å². The molecule has 0 saturated carbocycles. The summed E-state index contributed by atoms with van der Waals surface area (Å²) >= 11 is 0. The maximum atomic E-state index is 10.9. The molecule has 1 aliphatic heterocycles. The van der Waals surface area contributed by atoms with Crippen LogP contribution >= 0.6 is 0 Å². The Labute approximate surface area is 120 Å². The molecule has 2 rings (SSSR count). The van der Waals surface area contributed by atoms with Gasteiger partial charge in [0.2, 0.25) is 0 Å². The zero-order chi connectivity index (χ0) is 14.7. The average Bonchev–Trinajstić information content (AvgIpc) is 2.86. The molecule has 0 radical (unpaired) electrons. The highest BCUT2D eigenvalue weighted by molar-refractivity contribution is 5.62. The molecule has 1 heterocycles. The van der Waals surface area contributed by atoms with Crippen LogP contribution in [0.25, 0.3) is 0 Å². The number of rotatable bonds is 5. The van der Waals surface area contributed by atoms with E-state index in [9.17, 15) is 10.1 Å². The molecule has 5 heteroatoms. The topological polar surface area (TPSA) is 58.4 Å². The van der Waals surface area contributed by atoms with E-state index >= 15 is 0 Å².